The number of fused-ring (bicyclic) bond motifs is 2. The molecule has 0 saturated heterocycles. The Hall–Kier alpha value is -2.29. The smallest absolute Gasteiger partial charge is 0.162 e. The van der Waals surface area contributed by atoms with Crippen molar-refractivity contribution in [2.75, 3.05) is 0 Å². The minimum Gasteiger partial charge on any atom is -0.206 e. The normalized spacial score (nSPS) is 17.1. The van der Waals surface area contributed by atoms with Crippen molar-refractivity contribution in [2.24, 2.45) is 0 Å². The number of aryl methyl sites for hydroxylation is 2. The monoisotopic (exact) mass is 326 g/mol. The fourth-order valence-electron chi connectivity index (χ4n) is 3.77. The van der Waals surface area contributed by atoms with E-state index in [1.54, 1.807) is 18.2 Å². The molecule has 0 aromatic heterocycles. The van der Waals surface area contributed by atoms with Crippen LogP contribution in [-0.4, -0.2) is 0 Å². The largest absolute Gasteiger partial charge is 0.206 e. The van der Waals surface area contributed by atoms with Gasteiger partial charge in [-0.3, -0.25) is 0 Å². The van der Waals surface area contributed by atoms with E-state index in [2.05, 4.69) is 0 Å². The van der Waals surface area contributed by atoms with Gasteiger partial charge >= 0.3 is 0 Å². The maximum Gasteiger partial charge on any atom is 0.162 e. The molecule has 0 saturated carbocycles. The lowest BCUT2D eigenvalue weighted by atomic mass is 9.79. The van der Waals surface area contributed by atoms with Gasteiger partial charge in [-0.25, -0.2) is 13.2 Å². The molecule has 4 rings (SSSR count). The van der Waals surface area contributed by atoms with Gasteiger partial charge in [0.25, 0.3) is 0 Å². The van der Waals surface area contributed by atoms with E-state index in [0.29, 0.717) is 29.4 Å². The van der Waals surface area contributed by atoms with Crippen molar-refractivity contribution in [3.63, 3.8) is 0 Å². The van der Waals surface area contributed by atoms with Gasteiger partial charge in [0.1, 0.15) is 5.82 Å². The topological polar surface area (TPSA) is 0 Å². The predicted octanol–water partition coefficient (Wildman–Crippen LogP) is 5.84. The van der Waals surface area contributed by atoms with Gasteiger partial charge in [-0.2, -0.15) is 0 Å². The van der Waals surface area contributed by atoms with Gasteiger partial charge in [-0.05, 0) is 60.2 Å². The fourth-order valence-corrected chi connectivity index (χ4v) is 3.77. The SMILES string of the molecule is Cc1ccc2c(F)c(C3CCc4ccc(F)c(F)c4C3)ccc2c1. The number of rotatable bonds is 1. The molecule has 3 heteroatoms. The fraction of sp³-hybridized carbons (Fsp3) is 0.238. The van der Waals surface area contributed by atoms with Crippen LogP contribution in [0.5, 0.6) is 0 Å². The summed E-state index contributed by atoms with van der Waals surface area (Å²) in [6.07, 6.45) is 1.72. The summed E-state index contributed by atoms with van der Waals surface area (Å²) in [6.45, 7) is 1.97. The third-order valence-corrected chi connectivity index (χ3v) is 5.09. The molecule has 0 fully saturated rings. The summed E-state index contributed by atoms with van der Waals surface area (Å²) in [5, 5.41) is 1.45. The molecule has 1 atom stereocenters. The Morgan fingerprint density at radius 1 is 0.917 bits per heavy atom. The first-order chi connectivity index (χ1) is 11.5. The first-order valence-corrected chi connectivity index (χ1v) is 8.19. The standard InChI is InChI=1S/C21H17F3/c1-12-2-7-16-14(10-12)5-8-17(20(16)23)15-4-3-13-6-9-19(22)21(24)18(13)11-15/h2,5-10,15H,3-4,11H2,1H3. The van der Waals surface area contributed by atoms with Gasteiger partial charge in [-0.15, -0.1) is 0 Å². The van der Waals surface area contributed by atoms with Crippen LogP contribution < -0.4 is 0 Å². The summed E-state index contributed by atoms with van der Waals surface area (Å²) in [7, 11) is 0. The van der Waals surface area contributed by atoms with Crippen molar-refractivity contribution in [3.05, 3.63) is 82.2 Å². The van der Waals surface area contributed by atoms with Crippen molar-refractivity contribution in [1.29, 1.82) is 0 Å². The lowest BCUT2D eigenvalue weighted by molar-refractivity contribution is 0.471. The van der Waals surface area contributed by atoms with E-state index in [0.717, 1.165) is 22.9 Å². The van der Waals surface area contributed by atoms with Crippen LogP contribution in [0, 0.1) is 24.4 Å². The van der Waals surface area contributed by atoms with E-state index >= 15 is 0 Å². The van der Waals surface area contributed by atoms with E-state index in [9.17, 15) is 13.2 Å². The highest BCUT2D eigenvalue weighted by atomic mass is 19.2. The average Bonchev–Trinajstić information content (AvgIpc) is 2.58. The van der Waals surface area contributed by atoms with Crippen molar-refractivity contribution < 1.29 is 13.2 Å². The second kappa shape index (κ2) is 5.66. The summed E-state index contributed by atoms with van der Waals surface area (Å²) in [5.41, 5.74) is 2.91. The van der Waals surface area contributed by atoms with Crippen molar-refractivity contribution in [2.45, 2.75) is 32.1 Å². The zero-order valence-corrected chi connectivity index (χ0v) is 13.4. The van der Waals surface area contributed by atoms with Gasteiger partial charge in [0.2, 0.25) is 0 Å². The highest BCUT2D eigenvalue weighted by Crippen LogP contribution is 2.37. The molecule has 1 aliphatic carbocycles. The zero-order chi connectivity index (χ0) is 16.8. The molecule has 3 aromatic carbocycles. The van der Waals surface area contributed by atoms with Crippen molar-refractivity contribution in [1.82, 2.24) is 0 Å². The van der Waals surface area contributed by atoms with E-state index in [-0.39, 0.29) is 11.7 Å². The molecule has 0 heterocycles. The molecular weight excluding hydrogens is 309 g/mol. The Labute approximate surface area is 138 Å². The predicted molar refractivity (Wildman–Crippen MR) is 89.8 cm³/mol. The zero-order valence-electron chi connectivity index (χ0n) is 13.4. The summed E-state index contributed by atoms with van der Waals surface area (Å²) in [5.74, 6) is -1.98. The molecule has 1 aliphatic rings. The average molecular weight is 326 g/mol. The molecule has 0 bridgehead atoms. The first-order valence-electron chi connectivity index (χ1n) is 8.19. The van der Waals surface area contributed by atoms with E-state index in [1.807, 2.05) is 25.1 Å². The van der Waals surface area contributed by atoms with Gasteiger partial charge < -0.3 is 0 Å². The highest BCUT2D eigenvalue weighted by Gasteiger charge is 2.26. The van der Waals surface area contributed by atoms with Gasteiger partial charge in [0.15, 0.2) is 11.6 Å². The number of hydrogen-bond donors (Lipinski definition) is 0. The van der Waals surface area contributed by atoms with Crippen LogP contribution in [0.1, 0.15) is 34.6 Å². The Bertz CT molecular complexity index is 943. The third-order valence-electron chi connectivity index (χ3n) is 5.09. The van der Waals surface area contributed by atoms with Gasteiger partial charge in [0, 0.05) is 5.39 Å². The molecule has 0 aliphatic heterocycles. The molecule has 0 amide bonds. The summed E-state index contributed by atoms with van der Waals surface area (Å²) >= 11 is 0. The van der Waals surface area contributed by atoms with Crippen LogP contribution in [0.25, 0.3) is 10.8 Å². The molecule has 0 radical (unpaired) electrons. The molecule has 0 N–H and O–H groups in total. The highest BCUT2D eigenvalue weighted by molar-refractivity contribution is 5.84. The molecule has 122 valence electrons. The molecule has 24 heavy (non-hydrogen) atoms. The number of hydrogen-bond acceptors (Lipinski definition) is 0. The second-order valence-electron chi connectivity index (χ2n) is 6.63. The number of halogens is 3. The molecule has 3 aromatic rings. The van der Waals surface area contributed by atoms with Crippen LogP contribution in [0.2, 0.25) is 0 Å². The Morgan fingerprint density at radius 2 is 1.75 bits per heavy atom. The number of benzene rings is 3. The lowest BCUT2D eigenvalue weighted by Gasteiger charge is -2.26. The van der Waals surface area contributed by atoms with Crippen LogP contribution in [-0.2, 0) is 12.8 Å². The van der Waals surface area contributed by atoms with E-state index < -0.39 is 11.6 Å². The minimum atomic E-state index is -0.830. The van der Waals surface area contributed by atoms with E-state index in [4.69, 9.17) is 0 Å². The maximum atomic E-state index is 15.0. The maximum absolute atomic E-state index is 15.0. The van der Waals surface area contributed by atoms with Gasteiger partial charge in [-0.1, -0.05) is 42.0 Å². The molecule has 0 spiro atoms. The van der Waals surface area contributed by atoms with Crippen molar-refractivity contribution in [3.8, 4) is 0 Å². The summed E-state index contributed by atoms with van der Waals surface area (Å²) < 4.78 is 42.6. The van der Waals surface area contributed by atoms with Crippen LogP contribution in [0.3, 0.4) is 0 Å². The lowest BCUT2D eigenvalue weighted by Crippen LogP contribution is -2.16. The van der Waals surface area contributed by atoms with Crippen molar-refractivity contribution >= 4 is 10.8 Å². The van der Waals surface area contributed by atoms with Crippen LogP contribution in [0.15, 0.2) is 42.5 Å². The van der Waals surface area contributed by atoms with Crippen LogP contribution in [0.4, 0.5) is 13.2 Å². The Balaban J connectivity index is 1.77. The first kappa shape index (κ1) is 15.3. The molecular formula is C21H17F3. The summed E-state index contributed by atoms with van der Waals surface area (Å²) in [4.78, 5) is 0. The summed E-state index contributed by atoms with van der Waals surface area (Å²) in [6, 6.07) is 12.2. The molecule has 0 nitrogen and oxygen atoms in total. The third kappa shape index (κ3) is 2.39. The van der Waals surface area contributed by atoms with E-state index in [1.165, 1.54) is 6.07 Å². The Morgan fingerprint density at radius 3 is 2.58 bits per heavy atom. The minimum absolute atomic E-state index is 0.125. The van der Waals surface area contributed by atoms with Gasteiger partial charge in [0.05, 0.1) is 0 Å². The Kier molecular flexibility index (Phi) is 3.60. The second-order valence-corrected chi connectivity index (χ2v) is 6.63. The quantitative estimate of drug-likeness (QED) is 0.527. The van der Waals surface area contributed by atoms with Crippen LogP contribution >= 0.6 is 0 Å². The molecule has 1 unspecified atom stereocenters.